The molecule has 2 aromatic carbocycles. The highest BCUT2D eigenvalue weighted by Crippen LogP contribution is 2.30. The van der Waals surface area contributed by atoms with Crippen LogP contribution in [0.4, 0.5) is 11.4 Å². The normalized spacial score (nSPS) is 11.5. The second kappa shape index (κ2) is 10.4. The van der Waals surface area contributed by atoms with Gasteiger partial charge in [0.15, 0.2) is 0 Å². The molecule has 2 rings (SSSR count). The van der Waals surface area contributed by atoms with E-state index in [1.54, 1.807) is 11.9 Å². The molecule has 0 spiro atoms. The van der Waals surface area contributed by atoms with Gasteiger partial charge in [-0.1, -0.05) is 12.1 Å². The van der Waals surface area contributed by atoms with Crippen molar-refractivity contribution in [3.63, 3.8) is 0 Å². The average Bonchev–Trinajstić information content (AvgIpc) is 2.67. The summed E-state index contributed by atoms with van der Waals surface area (Å²) in [6.45, 7) is 3.41. The fraction of sp³-hybridized carbons (Fsp3) is 0.400. The van der Waals surface area contributed by atoms with Crippen LogP contribution in [0.15, 0.2) is 47.4 Å². The Kier molecular flexibility index (Phi) is 8.16. The quantitative estimate of drug-likeness (QED) is 0.425. The highest BCUT2D eigenvalue weighted by atomic mass is 32.2. The number of hydrogen-bond acceptors (Lipinski definition) is 7. The van der Waals surface area contributed by atoms with Crippen LogP contribution in [-0.2, 0) is 10.0 Å². The monoisotopic (exact) mass is 436 g/mol. The molecule has 0 bridgehead atoms. The number of likely N-dealkylation sites (N-methyl/N-ethyl adjacent to an activating group) is 2. The zero-order valence-corrected chi connectivity index (χ0v) is 18.5. The first-order valence-electron chi connectivity index (χ1n) is 9.43. The zero-order valence-electron chi connectivity index (χ0n) is 17.7. The standard InChI is InChI=1S/C20H28N4O5S/c1-16-6-5-7-17(14-16)29-13-12-23(4)19-9-8-18(15-20(19)24(25)26)30(27,28)21-10-11-22(2)3/h5-9,14-15,21H,10-13H2,1-4H3. The first-order valence-corrected chi connectivity index (χ1v) is 10.9. The highest BCUT2D eigenvalue weighted by molar-refractivity contribution is 7.89. The van der Waals surface area contributed by atoms with Gasteiger partial charge in [0.05, 0.1) is 16.4 Å². The van der Waals surface area contributed by atoms with Crippen molar-refractivity contribution in [2.75, 3.05) is 52.3 Å². The van der Waals surface area contributed by atoms with Crippen molar-refractivity contribution in [2.24, 2.45) is 0 Å². The fourth-order valence-corrected chi connectivity index (χ4v) is 3.79. The largest absolute Gasteiger partial charge is 0.492 e. The van der Waals surface area contributed by atoms with Gasteiger partial charge in [-0.2, -0.15) is 0 Å². The van der Waals surface area contributed by atoms with E-state index in [1.165, 1.54) is 12.1 Å². The Morgan fingerprint density at radius 2 is 1.83 bits per heavy atom. The molecule has 9 nitrogen and oxygen atoms in total. The molecule has 0 fully saturated rings. The fourth-order valence-electron chi connectivity index (χ4n) is 2.75. The summed E-state index contributed by atoms with van der Waals surface area (Å²) in [5.41, 5.74) is 1.12. The Bertz CT molecular complexity index is 979. The number of nitro benzene ring substituents is 1. The lowest BCUT2D eigenvalue weighted by molar-refractivity contribution is -0.384. The van der Waals surface area contributed by atoms with E-state index in [0.29, 0.717) is 25.4 Å². The van der Waals surface area contributed by atoms with Crippen LogP contribution >= 0.6 is 0 Å². The predicted octanol–water partition coefficient (Wildman–Crippen LogP) is 2.26. The molecule has 0 atom stereocenters. The third kappa shape index (κ3) is 6.68. The van der Waals surface area contributed by atoms with E-state index in [4.69, 9.17) is 4.74 Å². The predicted molar refractivity (Wildman–Crippen MR) is 117 cm³/mol. The molecule has 2 aromatic rings. The van der Waals surface area contributed by atoms with Gasteiger partial charge in [0.25, 0.3) is 5.69 Å². The number of ether oxygens (including phenoxy) is 1. The summed E-state index contributed by atoms with van der Waals surface area (Å²) in [4.78, 5) is 14.4. The van der Waals surface area contributed by atoms with E-state index in [0.717, 1.165) is 17.4 Å². The number of hydrogen-bond donors (Lipinski definition) is 1. The van der Waals surface area contributed by atoms with Crippen LogP contribution in [-0.4, -0.2) is 65.6 Å². The van der Waals surface area contributed by atoms with Gasteiger partial charge >= 0.3 is 0 Å². The number of nitrogens with zero attached hydrogens (tertiary/aromatic N) is 3. The summed E-state index contributed by atoms with van der Waals surface area (Å²) in [7, 11) is 1.52. The van der Waals surface area contributed by atoms with E-state index in [9.17, 15) is 18.5 Å². The van der Waals surface area contributed by atoms with Crippen LogP contribution in [0.2, 0.25) is 0 Å². The van der Waals surface area contributed by atoms with Crippen molar-refractivity contribution in [1.82, 2.24) is 9.62 Å². The Morgan fingerprint density at radius 1 is 1.10 bits per heavy atom. The van der Waals surface area contributed by atoms with Gasteiger partial charge in [0.2, 0.25) is 10.0 Å². The van der Waals surface area contributed by atoms with Crippen molar-refractivity contribution in [2.45, 2.75) is 11.8 Å². The van der Waals surface area contributed by atoms with Crippen LogP contribution in [0.25, 0.3) is 0 Å². The van der Waals surface area contributed by atoms with Gasteiger partial charge in [0, 0.05) is 26.2 Å². The van der Waals surface area contributed by atoms with Gasteiger partial charge in [0.1, 0.15) is 18.0 Å². The number of sulfonamides is 1. The SMILES string of the molecule is Cc1cccc(OCCN(C)c2ccc(S(=O)(=O)NCCN(C)C)cc2[N+](=O)[O-])c1. The molecule has 0 amide bonds. The Morgan fingerprint density at radius 3 is 2.47 bits per heavy atom. The number of rotatable bonds is 11. The first-order chi connectivity index (χ1) is 14.1. The Labute approximate surface area is 177 Å². The summed E-state index contributed by atoms with van der Waals surface area (Å²) < 4.78 is 33.0. The molecule has 0 aliphatic rings. The van der Waals surface area contributed by atoms with Crippen LogP contribution in [0.1, 0.15) is 5.56 Å². The Balaban J connectivity index is 2.11. The molecule has 10 heteroatoms. The van der Waals surface area contributed by atoms with Crippen molar-refractivity contribution >= 4 is 21.4 Å². The molecule has 0 aliphatic carbocycles. The van der Waals surface area contributed by atoms with E-state index in [2.05, 4.69) is 4.72 Å². The third-order valence-electron chi connectivity index (χ3n) is 4.40. The van der Waals surface area contributed by atoms with E-state index >= 15 is 0 Å². The van der Waals surface area contributed by atoms with Gasteiger partial charge in [-0.3, -0.25) is 10.1 Å². The molecule has 1 N–H and O–H groups in total. The summed E-state index contributed by atoms with van der Waals surface area (Å²) in [5.74, 6) is 0.725. The van der Waals surface area contributed by atoms with Crippen molar-refractivity contribution in [1.29, 1.82) is 0 Å². The highest BCUT2D eigenvalue weighted by Gasteiger charge is 2.23. The minimum Gasteiger partial charge on any atom is -0.492 e. The van der Waals surface area contributed by atoms with Gasteiger partial charge < -0.3 is 14.5 Å². The molecule has 0 heterocycles. The number of anilines is 1. The molecule has 0 unspecified atom stereocenters. The van der Waals surface area contributed by atoms with Crippen LogP contribution in [0.3, 0.4) is 0 Å². The van der Waals surface area contributed by atoms with E-state index in [-0.39, 0.29) is 17.1 Å². The number of benzene rings is 2. The molecule has 0 saturated carbocycles. The van der Waals surface area contributed by atoms with Crippen molar-refractivity contribution in [3.8, 4) is 5.75 Å². The summed E-state index contributed by atoms with van der Waals surface area (Å²) in [6.07, 6.45) is 0. The smallest absolute Gasteiger partial charge is 0.293 e. The summed E-state index contributed by atoms with van der Waals surface area (Å²) in [5, 5.41) is 11.6. The average molecular weight is 437 g/mol. The molecular formula is C20H28N4O5S. The number of aryl methyl sites for hydroxylation is 1. The lowest BCUT2D eigenvalue weighted by Crippen LogP contribution is -2.31. The van der Waals surface area contributed by atoms with Gasteiger partial charge in [-0.25, -0.2) is 13.1 Å². The van der Waals surface area contributed by atoms with E-state index < -0.39 is 14.9 Å². The lowest BCUT2D eigenvalue weighted by Gasteiger charge is -2.20. The van der Waals surface area contributed by atoms with Gasteiger partial charge in [-0.15, -0.1) is 0 Å². The molecule has 0 saturated heterocycles. The summed E-state index contributed by atoms with van der Waals surface area (Å²) >= 11 is 0. The molecule has 0 radical (unpaired) electrons. The summed E-state index contributed by atoms with van der Waals surface area (Å²) in [6, 6.07) is 11.5. The topological polar surface area (TPSA) is 105 Å². The molecule has 30 heavy (non-hydrogen) atoms. The number of nitro groups is 1. The van der Waals surface area contributed by atoms with Gasteiger partial charge in [-0.05, 0) is 50.8 Å². The second-order valence-electron chi connectivity index (χ2n) is 7.20. The maximum absolute atomic E-state index is 12.4. The number of nitrogens with one attached hydrogen (secondary N) is 1. The molecule has 164 valence electrons. The van der Waals surface area contributed by atoms with Crippen LogP contribution in [0, 0.1) is 17.0 Å². The first kappa shape index (κ1) is 23.6. The molecule has 0 aliphatic heterocycles. The third-order valence-corrected chi connectivity index (χ3v) is 5.86. The second-order valence-corrected chi connectivity index (χ2v) is 8.96. The maximum atomic E-state index is 12.4. The van der Waals surface area contributed by atoms with Crippen LogP contribution < -0.4 is 14.4 Å². The Hall–Kier alpha value is -2.69. The van der Waals surface area contributed by atoms with E-state index in [1.807, 2.05) is 50.2 Å². The minimum atomic E-state index is -3.84. The van der Waals surface area contributed by atoms with Crippen LogP contribution in [0.5, 0.6) is 5.75 Å². The molecule has 0 aromatic heterocycles. The minimum absolute atomic E-state index is 0.138. The zero-order chi connectivity index (χ0) is 22.3. The molecular weight excluding hydrogens is 408 g/mol. The maximum Gasteiger partial charge on any atom is 0.293 e. The van der Waals surface area contributed by atoms with Crippen molar-refractivity contribution < 1.29 is 18.1 Å². The lowest BCUT2D eigenvalue weighted by atomic mass is 10.2. The van der Waals surface area contributed by atoms with Crippen molar-refractivity contribution in [3.05, 3.63) is 58.1 Å².